The van der Waals surface area contributed by atoms with Crippen molar-refractivity contribution in [3.05, 3.63) is 17.0 Å². The summed E-state index contributed by atoms with van der Waals surface area (Å²) in [6, 6.07) is -1.47. The van der Waals surface area contributed by atoms with E-state index in [1.807, 2.05) is 0 Å². The summed E-state index contributed by atoms with van der Waals surface area (Å²) in [6.07, 6.45) is 7.00. The van der Waals surface area contributed by atoms with Gasteiger partial charge >= 0.3 is 12.0 Å². The number of aliphatic carboxylic acids is 1. The van der Waals surface area contributed by atoms with Gasteiger partial charge in [-0.1, -0.05) is 0 Å². The second kappa shape index (κ2) is 5.75. The zero-order chi connectivity index (χ0) is 17.8. The first-order chi connectivity index (χ1) is 11.8. The topological polar surface area (TPSA) is 107 Å². The van der Waals surface area contributed by atoms with Crippen LogP contribution in [0.5, 0.6) is 0 Å². The highest BCUT2D eigenvalue weighted by Gasteiger charge is 2.51. The highest BCUT2D eigenvalue weighted by atomic mass is 16.4. The maximum absolute atomic E-state index is 12.6. The molecule has 7 nitrogen and oxygen atoms in total. The lowest BCUT2D eigenvalue weighted by Gasteiger charge is -2.56. The first-order valence-electron chi connectivity index (χ1n) is 9.18. The molecule has 0 spiro atoms. The van der Waals surface area contributed by atoms with Crippen LogP contribution >= 0.6 is 0 Å². The van der Waals surface area contributed by atoms with E-state index in [0.29, 0.717) is 17.0 Å². The van der Waals surface area contributed by atoms with Gasteiger partial charge in [0.1, 0.15) is 0 Å². The molecule has 0 saturated heterocycles. The molecule has 4 saturated carbocycles. The number of nitrogens with one attached hydrogen (secondary N) is 3. The van der Waals surface area contributed by atoms with Gasteiger partial charge in [0.25, 0.3) is 0 Å². The van der Waals surface area contributed by atoms with Gasteiger partial charge in [-0.25, -0.2) is 9.59 Å². The standard InChI is InChI=1S/C18H26N4O3/c1-9-14(10(2)22-21-9)15(16(23)24)19-17(25)20-18-6-11-3-12(7-18)5-13(4-11)8-18/h11-13,15H,3-8H2,1-2H3,(H,21,22)(H,23,24)(H2,19,20,25). The second-order valence-corrected chi connectivity index (χ2v) is 8.42. The zero-order valence-corrected chi connectivity index (χ0v) is 14.8. The van der Waals surface area contributed by atoms with Gasteiger partial charge in [-0.05, 0) is 70.1 Å². The van der Waals surface area contributed by atoms with Crippen molar-refractivity contribution < 1.29 is 14.7 Å². The monoisotopic (exact) mass is 346 g/mol. The van der Waals surface area contributed by atoms with Crippen molar-refractivity contribution in [3.63, 3.8) is 0 Å². The molecule has 1 atom stereocenters. The van der Waals surface area contributed by atoms with Crippen LogP contribution < -0.4 is 10.6 Å². The maximum Gasteiger partial charge on any atom is 0.331 e. The van der Waals surface area contributed by atoms with Crippen molar-refractivity contribution in [3.8, 4) is 0 Å². The van der Waals surface area contributed by atoms with E-state index in [0.717, 1.165) is 37.0 Å². The summed E-state index contributed by atoms with van der Waals surface area (Å²) in [5, 5.41) is 22.3. The summed E-state index contributed by atoms with van der Waals surface area (Å²) in [7, 11) is 0. The molecule has 4 bridgehead atoms. The molecule has 4 aliphatic rings. The van der Waals surface area contributed by atoms with Crippen LogP contribution in [0.1, 0.15) is 61.5 Å². The normalized spacial score (nSPS) is 33.9. The third kappa shape index (κ3) is 2.89. The molecule has 1 heterocycles. The Morgan fingerprint density at radius 1 is 1.16 bits per heavy atom. The summed E-state index contributed by atoms with van der Waals surface area (Å²) >= 11 is 0. The highest BCUT2D eigenvalue weighted by Crippen LogP contribution is 2.55. The fourth-order valence-electron chi connectivity index (χ4n) is 5.91. The number of aryl methyl sites for hydroxylation is 2. The van der Waals surface area contributed by atoms with Gasteiger partial charge in [-0.15, -0.1) is 0 Å². The van der Waals surface area contributed by atoms with Crippen LogP contribution in [0.15, 0.2) is 0 Å². The molecule has 0 radical (unpaired) electrons. The molecule has 1 aromatic heterocycles. The molecule has 0 aromatic carbocycles. The summed E-state index contributed by atoms with van der Waals surface area (Å²) in [6.45, 7) is 3.51. The van der Waals surface area contributed by atoms with Gasteiger partial charge in [0, 0.05) is 16.8 Å². The van der Waals surface area contributed by atoms with Crippen molar-refractivity contribution in [2.45, 2.75) is 64.0 Å². The molecular formula is C18H26N4O3. The third-order valence-electron chi connectivity index (χ3n) is 6.41. The largest absolute Gasteiger partial charge is 0.479 e. The number of nitrogens with zero attached hydrogens (tertiary/aromatic N) is 1. The zero-order valence-electron chi connectivity index (χ0n) is 14.8. The minimum atomic E-state index is -1.09. The van der Waals surface area contributed by atoms with Gasteiger partial charge in [-0.3, -0.25) is 5.10 Å². The number of carboxylic acids is 1. The van der Waals surface area contributed by atoms with Gasteiger partial charge < -0.3 is 15.7 Å². The van der Waals surface area contributed by atoms with Gasteiger partial charge in [-0.2, -0.15) is 5.10 Å². The van der Waals surface area contributed by atoms with Crippen molar-refractivity contribution >= 4 is 12.0 Å². The maximum atomic E-state index is 12.6. The number of hydrogen-bond donors (Lipinski definition) is 4. The molecule has 5 rings (SSSR count). The number of carbonyl (C=O) groups excluding carboxylic acids is 1. The van der Waals surface area contributed by atoms with E-state index in [9.17, 15) is 14.7 Å². The first kappa shape index (κ1) is 16.4. The van der Waals surface area contributed by atoms with E-state index in [-0.39, 0.29) is 11.6 Å². The van der Waals surface area contributed by atoms with E-state index < -0.39 is 12.0 Å². The first-order valence-corrected chi connectivity index (χ1v) is 9.18. The Hall–Kier alpha value is -2.05. The highest BCUT2D eigenvalue weighted by molar-refractivity contribution is 5.84. The summed E-state index contributed by atoms with van der Waals surface area (Å²) in [5.41, 5.74) is 1.66. The number of amides is 2. The van der Waals surface area contributed by atoms with Gasteiger partial charge in [0.2, 0.25) is 0 Å². The average molecular weight is 346 g/mol. The van der Waals surface area contributed by atoms with Gasteiger partial charge in [0.05, 0.1) is 5.69 Å². The van der Waals surface area contributed by atoms with E-state index in [1.165, 1.54) is 19.3 Å². The number of carboxylic acid groups (broad SMARTS) is 1. The minimum Gasteiger partial charge on any atom is -0.479 e. The molecule has 7 heteroatoms. The number of aromatic nitrogens is 2. The Bertz CT molecular complexity index is 656. The average Bonchev–Trinajstić information content (AvgIpc) is 2.82. The fourth-order valence-corrected chi connectivity index (χ4v) is 5.91. The number of urea groups is 1. The lowest BCUT2D eigenvalue weighted by Crippen LogP contribution is -2.61. The quantitative estimate of drug-likeness (QED) is 0.671. The minimum absolute atomic E-state index is 0.137. The summed E-state index contributed by atoms with van der Waals surface area (Å²) in [4.78, 5) is 24.4. The van der Waals surface area contributed by atoms with Gasteiger partial charge in [0.15, 0.2) is 6.04 Å². The predicted octanol–water partition coefficient (Wildman–Crippen LogP) is 2.42. The molecular weight excluding hydrogens is 320 g/mol. The summed E-state index contributed by atoms with van der Waals surface area (Å²) < 4.78 is 0. The number of H-pyrrole nitrogens is 1. The molecule has 0 aliphatic heterocycles. The Morgan fingerprint density at radius 3 is 2.16 bits per heavy atom. The SMILES string of the molecule is Cc1n[nH]c(C)c1C(NC(=O)NC12CC3CC(CC(C3)C1)C2)C(=O)O. The van der Waals surface area contributed by atoms with Crippen molar-refractivity contribution in [2.24, 2.45) is 17.8 Å². The van der Waals surface area contributed by atoms with Crippen LogP contribution in [0.25, 0.3) is 0 Å². The van der Waals surface area contributed by atoms with Crippen LogP contribution in [0.4, 0.5) is 4.79 Å². The molecule has 25 heavy (non-hydrogen) atoms. The number of carbonyl (C=O) groups is 2. The van der Waals surface area contributed by atoms with Crippen LogP contribution in [0.2, 0.25) is 0 Å². The van der Waals surface area contributed by atoms with Crippen molar-refractivity contribution in [1.82, 2.24) is 20.8 Å². The van der Waals surface area contributed by atoms with Crippen LogP contribution in [0.3, 0.4) is 0 Å². The predicted molar refractivity (Wildman–Crippen MR) is 91.0 cm³/mol. The Balaban J connectivity index is 1.49. The molecule has 4 aliphatic carbocycles. The third-order valence-corrected chi connectivity index (χ3v) is 6.41. The molecule has 1 unspecified atom stereocenters. The van der Waals surface area contributed by atoms with E-state index in [4.69, 9.17) is 0 Å². The van der Waals surface area contributed by atoms with Crippen LogP contribution in [0, 0.1) is 31.6 Å². The van der Waals surface area contributed by atoms with Crippen molar-refractivity contribution in [1.29, 1.82) is 0 Å². The van der Waals surface area contributed by atoms with E-state index in [2.05, 4.69) is 20.8 Å². The smallest absolute Gasteiger partial charge is 0.331 e. The molecule has 1 aromatic rings. The Kier molecular flexibility index (Phi) is 3.77. The number of rotatable bonds is 4. The number of aromatic amines is 1. The number of hydrogen-bond acceptors (Lipinski definition) is 3. The Morgan fingerprint density at radius 2 is 1.72 bits per heavy atom. The van der Waals surface area contributed by atoms with Crippen LogP contribution in [-0.2, 0) is 4.79 Å². The Labute approximate surface area is 147 Å². The molecule has 136 valence electrons. The van der Waals surface area contributed by atoms with Crippen LogP contribution in [-0.4, -0.2) is 32.8 Å². The lowest BCUT2D eigenvalue weighted by molar-refractivity contribution is -0.139. The lowest BCUT2D eigenvalue weighted by atomic mass is 9.53. The van der Waals surface area contributed by atoms with E-state index in [1.54, 1.807) is 13.8 Å². The van der Waals surface area contributed by atoms with Crippen molar-refractivity contribution in [2.75, 3.05) is 0 Å². The second-order valence-electron chi connectivity index (χ2n) is 8.42. The summed E-state index contributed by atoms with van der Waals surface area (Å²) in [5.74, 6) is 1.09. The molecule has 2 amide bonds. The van der Waals surface area contributed by atoms with E-state index >= 15 is 0 Å². The molecule has 4 fully saturated rings. The fraction of sp³-hybridized carbons (Fsp3) is 0.722. The molecule has 4 N–H and O–H groups in total.